The predicted molar refractivity (Wildman–Crippen MR) is 141 cm³/mol. The molecule has 0 spiro atoms. The largest absolute Gasteiger partial charge is 0.366 e. The minimum absolute atomic E-state index is 0.101. The van der Waals surface area contributed by atoms with Crippen LogP contribution in [0.3, 0.4) is 0 Å². The Balaban J connectivity index is 1.46. The Morgan fingerprint density at radius 3 is 2.67 bits per heavy atom. The van der Waals surface area contributed by atoms with E-state index in [2.05, 4.69) is 37.6 Å². The maximum absolute atomic E-state index is 13.6. The number of carbonyl (C=O) groups excluding carboxylic acids is 2. The Labute approximate surface area is 213 Å². The second-order valence-electron chi connectivity index (χ2n) is 10.7. The van der Waals surface area contributed by atoms with E-state index in [-0.39, 0.29) is 30.1 Å². The van der Waals surface area contributed by atoms with Crippen LogP contribution in [0.5, 0.6) is 0 Å². The van der Waals surface area contributed by atoms with Crippen LogP contribution in [0.1, 0.15) is 62.4 Å². The molecule has 1 unspecified atom stereocenters. The normalized spacial score (nSPS) is 21.5. The van der Waals surface area contributed by atoms with Gasteiger partial charge in [0.15, 0.2) is 5.82 Å². The number of amides is 3. The fraction of sp³-hybridized carbons (Fsp3) is 0.519. The van der Waals surface area contributed by atoms with E-state index in [0.29, 0.717) is 13.1 Å². The highest BCUT2D eigenvalue weighted by molar-refractivity contribution is 5.87. The molecule has 2 aromatic rings. The minimum atomic E-state index is -0.529. The molecule has 0 saturated heterocycles. The lowest BCUT2D eigenvalue weighted by molar-refractivity contribution is -0.117. The Morgan fingerprint density at radius 2 is 1.97 bits per heavy atom. The highest BCUT2D eigenvalue weighted by Crippen LogP contribution is 2.41. The Bertz CT molecular complexity index is 1080. The molecule has 194 valence electrons. The van der Waals surface area contributed by atoms with E-state index in [1.54, 1.807) is 0 Å². The monoisotopic (exact) mass is 493 g/mol. The molecule has 1 aliphatic carbocycles. The van der Waals surface area contributed by atoms with Crippen molar-refractivity contribution in [3.63, 3.8) is 0 Å². The first kappa shape index (κ1) is 25.8. The summed E-state index contributed by atoms with van der Waals surface area (Å²) in [6, 6.07) is 10.2. The van der Waals surface area contributed by atoms with Crippen molar-refractivity contribution in [2.24, 2.45) is 0 Å². The molecule has 1 aromatic heterocycles. The number of hydrogen-bond donors (Lipinski definition) is 4. The van der Waals surface area contributed by atoms with Crippen LogP contribution in [0.25, 0.3) is 0 Å². The predicted octanol–water partition coefficient (Wildman–Crippen LogP) is 3.50. The van der Waals surface area contributed by atoms with Crippen molar-refractivity contribution in [3.8, 4) is 0 Å². The first-order chi connectivity index (χ1) is 17.2. The lowest BCUT2D eigenvalue weighted by atomic mass is 9.90. The number of rotatable bonds is 8. The van der Waals surface area contributed by atoms with Crippen LogP contribution in [-0.4, -0.2) is 64.7 Å². The van der Waals surface area contributed by atoms with Gasteiger partial charge in [0.05, 0.1) is 23.8 Å². The third-order valence-electron chi connectivity index (χ3n) is 7.31. The molecular weight excluding hydrogens is 454 g/mol. The molecule has 1 saturated carbocycles. The summed E-state index contributed by atoms with van der Waals surface area (Å²) < 4.78 is 0. The quantitative estimate of drug-likeness (QED) is 0.421. The summed E-state index contributed by atoms with van der Waals surface area (Å²) in [7, 11) is 4.02. The van der Waals surface area contributed by atoms with Gasteiger partial charge in [-0.15, -0.1) is 0 Å². The van der Waals surface area contributed by atoms with Crippen molar-refractivity contribution < 1.29 is 9.59 Å². The number of H-pyrrole nitrogens is 1. The van der Waals surface area contributed by atoms with Crippen molar-refractivity contribution >= 4 is 17.8 Å². The van der Waals surface area contributed by atoms with Crippen molar-refractivity contribution in [2.75, 3.05) is 26.0 Å². The summed E-state index contributed by atoms with van der Waals surface area (Å²) >= 11 is 0. The van der Waals surface area contributed by atoms with E-state index < -0.39 is 5.54 Å². The molecule has 1 fully saturated rings. The van der Waals surface area contributed by atoms with Crippen LogP contribution >= 0.6 is 0 Å². The van der Waals surface area contributed by atoms with Gasteiger partial charge in [-0.25, -0.2) is 4.79 Å². The number of nitrogens with one attached hydrogen (secondary N) is 4. The number of likely N-dealkylation sites (N-methyl/N-ethyl adjacent to an activating group) is 1. The second-order valence-corrected chi connectivity index (χ2v) is 10.7. The Hall–Kier alpha value is -3.33. The topological polar surface area (TPSA) is 105 Å². The molecular formula is C27H39N7O2. The summed E-state index contributed by atoms with van der Waals surface area (Å²) in [5.41, 5.74) is 2.53. The number of carbonyl (C=O) groups is 2. The molecule has 4 rings (SSSR count). The number of nitrogens with zero attached hydrogens (tertiary/aromatic N) is 3. The summed E-state index contributed by atoms with van der Waals surface area (Å²) in [6.07, 6.45) is 5.16. The van der Waals surface area contributed by atoms with Crippen LogP contribution in [0.2, 0.25) is 0 Å². The second kappa shape index (κ2) is 10.7. The van der Waals surface area contributed by atoms with Gasteiger partial charge >= 0.3 is 6.03 Å². The van der Waals surface area contributed by atoms with Crippen LogP contribution in [0.4, 0.5) is 10.6 Å². The van der Waals surface area contributed by atoms with Crippen molar-refractivity contribution in [2.45, 2.75) is 69.7 Å². The molecule has 9 nitrogen and oxygen atoms in total. The summed E-state index contributed by atoms with van der Waals surface area (Å²) in [6.45, 7) is 8.82. The molecule has 36 heavy (non-hydrogen) atoms. The zero-order valence-corrected chi connectivity index (χ0v) is 21.8. The molecule has 3 atom stereocenters. The van der Waals surface area contributed by atoms with E-state index in [9.17, 15) is 9.59 Å². The van der Waals surface area contributed by atoms with Gasteiger partial charge in [-0.1, -0.05) is 36.9 Å². The smallest absolute Gasteiger partial charge is 0.319 e. The van der Waals surface area contributed by atoms with Gasteiger partial charge in [0.25, 0.3) is 0 Å². The fourth-order valence-corrected chi connectivity index (χ4v) is 5.38. The third-order valence-corrected chi connectivity index (χ3v) is 7.31. The molecule has 2 heterocycles. The average molecular weight is 494 g/mol. The molecule has 9 heteroatoms. The van der Waals surface area contributed by atoms with E-state index in [0.717, 1.165) is 48.3 Å². The van der Waals surface area contributed by atoms with Gasteiger partial charge in [-0.2, -0.15) is 5.10 Å². The van der Waals surface area contributed by atoms with Crippen LogP contribution in [0.15, 0.2) is 43.0 Å². The molecule has 0 bridgehead atoms. The number of urea groups is 1. The standard InChI is InChI=1S/C27H39N7O2/c1-6-23(35)28-19-13-10-14-20(15-19)29-25-21-16-34(27(2,3)24(21)31-32-25)26(36)30-22(17-33(4)5)18-11-8-7-9-12-18/h6-9,11-12,19-20,22H,1,10,13-17H2,2-5H3,(H,28,35)(H,30,36)(H2,29,31,32)/t19-,20+,22?/m0/s1. The van der Waals surface area contributed by atoms with Gasteiger partial charge in [-0.3, -0.25) is 9.89 Å². The molecule has 4 N–H and O–H groups in total. The highest BCUT2D eigenvalue weighted by atomic mass is 16.2. The number of benzene rings is 1. The summed E-state index contributed by atoms with van der Waals surface area (Å²) in [4.78, 5) is 29.3. The average Bonchev–Trinajstić information content (AvgIpc) is 3.36. The zero-order chi connectivity index (χ0) is 25.9. The van der Waals surface area contributed by atoms with Gasteiger partial charge in [0.2, 0.25) is 5.91 Å². The lowest BCUT2D eigenvalue weighted by Crippen LogP contribution is -2.48. The molecule has 3 amide bonds. The summed E-state index contributed by atoms with van der Waals surface area (Å²) in [5, 5.41) is 17.6. The van der Waals surface area contributed by atoms with Crippen molar-refractivity contribution in [1.29, 1.82) is 0 Å². The summed E-state index contributed by atoms with van der Waals surface area (Å²) in [5.74, 6) is 0.662. The number of aromatic nitrogens is 2. The maximum atomic E-state index is 13.6. The number of hydrogen-bond acceptors (Lipinski definition) is 5. The van der Waals surface area contributed by atoms with Crippen LogP contribution in [0, 0.1) is 0 Å². The molecule has 0 radical (unpaired) electrons. The zero-order valence-electron chi connectivity index (χ0n) is 21.8. The van der Waals surface area contributed by atoms with E-state index in [1.165, 1.54) is 6.08 Å². The number of anilines is 1. The highest BCUT2D eigenvalue weighted by Gasteiger charge is 2.44. The van der Waals surface area contributed by atoms with Gasteiger partial charge in [0.1, 0.15) is 0 Å². The van der Waals surface area contributed by atoms with E-state index >= 15 is 0 Å². The van der Waals surface area contributed by atoms with Crippen molar-refractivity contribution in [3.05, 3.63) is 59.8 Å². The number of fused-ring (bicyclic) bond motifs is 1. The first-order valence-electron chi connectivity index (χ1n) is 12.7. The van der Waals surface area contributed by atoms with Crippen molar-refractivity contribution in [1.82, 2.24) is 30.6 Å². The fourth-order valence-electron chi connectivity index (χ4n) is 5.38. The van der Waals surface area contributed by atoms with Gasteiger partial charge in [0, 0.05) is 24.2 Å². The Kier molecular flexibility index (Phi) is 7.68. The minimum Gasteiger partial charge on any atom is -0.366 e. The molecule has 2 aliphatic rings. The SMILES string of the molecule is C=CC(=O)N[C@H]1CCC[C@@H](Nc2n[nH]c3c2CN(C(=O)NC(CN(C)C)c2ccccc2)C3(C)C)C1. The molecule has 1 aromatic carbocycles. The first-order valence-corrected chi connectivity index (χ1v) is 12.7. The van der Waals surface area contributed by atoms with Gasteiger partial charge in [-0.05, 0) is 65.3 Å². The number of aromatic amines is 1. The van der Waals surface area contributed by atoms with E-state index in [1.807, 2.05) is 63.2 Å². The van der Waals surface area contributed by atoms with Gasteiger partial charge < -0.3 is 25.8 Å². The lowest BCUT2D eigenvalue weighted by Gasteiger charge is -2.34. The third kappa shape index (κ3) is 5.56. The van der Waals surface area contributed by atoms with Crippen LogP contribution < -0.4 is 16.0 Å². The molecule has 1 aliphatic heterocycles. The Morgan fingerprint density at radius 1 is 1.25 bits per heavy atom. The van der Waals surface area contributed by atoms with E-state index in [4.69, 9.17) is 0 Å². The van der Waals surface area contributed by atoms with Crippen LogP contribution in [-0.2, 0) is 16.9 Å². The maximum Gasteiger partial charge on any atom is 0.319 e.